The Morgan fingerprint density at radius 2 is 1.38 bits per heavy atom. The van der Waals surface area contributed by atoms with Crippen molar-refractivity contribution in [2.24, 2.45) is 0 Å². The Hall–Kier alpha value is -2.88. The summed E-state index contributed by atoms with van der Waals surface area (Å²) in [6.45, 7) is 0. The van der Waals surface area contributed by atoms with E-state index >= 15 is 0 Å². The molecule has 1 heterocycles. The van der Waals surface area contributed by atoms with Crippen LogP contribution in [0.15, 0.2) is 82.6 Å². The smallest absolute Gasteiger partial charge is 0.279 e. The quantitative estimate of drug-likeness (QED) is 0.661. The second kappa shape index (κ2) is 6.87. The van der Waals surface area contributed by atoms with Gasteiger partial charge in [-0.25, -0.2) is 0 Å². The van der Waals surface area contributed by atoms with Crippen LogP contribution >= 0.6 is 11.6 Å². The SMILES string of the molecule is O=C(Nc1cccc(N2S(=O)(=O)c3ccccc3S2(=O)=O)c1)c1ccccc1Cl. The predicted molar refractivity (Wildman–Crippen MR) is 109 cm³/mol. The maximum absolute atomic E-state index is 12.8. The highest BCUT2D eigenvalue weighted by atomic mass is 35.5. The molecule has 0 atom stereocenters. The van der Waals surface area contributed by atoms with E-state index in [1.54, 1.807) is 18.2 Å². The van der Waals surface area contributed by atoms with Crippen LogP contribution in [0.1, 0.15) is 10.4 Å². The van der Waals surface area contributed by atoms with Crippen molar-refractivity contribution in [1.29, 1.82) is 0 Å². The second-order valence-corrected chi connectivity index (χ2v) is 10.3. The maximum atomic E-state index is 12.8. The van der Waals surface area contributed by atoms with Crippen molar-refractivity contribution >= 4 is 48.9 Å². The number of carbonyl (C=O) groups is 1. The standard InChI is InChI=1S/C19H13ClN2O5S2/c20-16-9-2-1-8-15(16)19(23)21-13-6-5-7-14(12-13)22-28(24,25)17-10-3-4-11-18(17)29(22,26)27/h1-12H,(H,21,23). The number of nitrogens with one attached hydrogen (secondary N) is 1. The van der Waals surface area contributed by atoms with Gasteiger partial charge in [0.15, 0.2) is 0 Å². The summed E-state index contributed by atoms with van der Waals surface area (Å²) in [6, 6.07) is 17.4. The fraction of sp³-hybridized carbons (Fsp3) is 0. The number of hydrogen-bond donors (Lipinski definition) is 1. The molecule has 0 unspecified atom stereocenters. The molecule has 10 heteroatoms. The summed E-state index contributed by atoms with van der Waals surface area (Å²) in [5.74, 6) is -0.511. The molecule has 0 aromatic heterocycles. The lowest BCUT2D eigenvalue weighted by molar-refractivity contribution is 0.102. The topological polar surface area (TPSA) is 101 Å². The normalized spacial score (nSPS) is 16.2. The van der Waals surface area contributed by atoms with Gasteiger partial charge in [-0.05, 0) is 42.5 Å². The Labute approximate surface area is 172 Å². The van der Waals surface area contributed by atoms with Crippen LogP contribution in [-0.2, 0) is 20.0 Å². The molecule has 0 bridgehead atoms. The van der Waals surface area contributed by atoms with Gasteiger partial charge in [0, 0.05) is 5.69 Å². The van der Waals surface area contributed by atoms with Crippen LogP contribution in [0.3, 0.4) is 0 Å². The van der Waals surface area contributed by atoms with Gasteiger partial charge in [0.2, 0.25) is 0 Å². The Kier molecular flexibility index (Phi) is 4.60. The fourth-order valence-electron chi connectivity index (χ4n) is 3.00. The summed E-state index contributed by atoms with van der Waals surface area (Å²) in [4.78, 5) is 11.9. The van der Waals surface area contributed by atoms with Crippen LogP contribution < -0.4 is 9.03 Å². The minimum atomic E-state index is -4.30. The maximum Gasteiger partial charge on any atom is 0.279 e. The van der Waals surface area contributed by atoms with Gasteiger partial charge in [-0.2, -0.15) is 20.5 Å². The molecule has 0 saturated carbocycles. The molecule has 3 aromatic carbocycles. The number of fused-ring (bicyclic) bond motifs is 1. The van der Waals surface area contributed by atoms with Gasteiger partial charge in [0.05, 0.1) is 16.3 Å². The lowest BCUT2D eigenvalue weighted by Gasteiger charge is -2.17. The Morgan fingerprint density at radius 1 is 0.793 bits per heavy atom. The number of benzene rings is 3. The zero-order valence-electron chi connectivity index (χ0n) is 14.6. The predicted octanol–water partition coefficient (Wildman–Crippen LogP) is 3.49. The highest BCUT2D eigenvalue weighted by molar-refractivity contribution is 8.12. The molecule has 1 aliphatic rings. The minimum Gasteiger partial charge on any atom is -0.322 e. The van der Waals surface area contributed by atoms with Gasteiger partial charge in [0.1, 0.15) is 9.79 Å². The lowest BCUT2D eigenvalue weighted by Crippen LogP contribution is -2.30. The number of halogens is 1. The zero-order valence-corrected chi connectivity index (χ0v) is 17.0. The Morgan fingerprint density at radius 3 is 2.00 bits per heavy atom. The minimum absolute atomic E-state index is 0.113. The highest BCUT2D eigenvalue weighted by Crippen LogP contribution is 2.40. The molecular formula is C19H13ClN2O5S2. The number of rotatable bonds is 3. The van der Waals surface area contributed by atoms with Crippen LogP contribution in [0.2, 0.25) is 5.02 Å². The largest absolute Gasteiger partial charge is 0.322 e. The molecule has 4 rings (SSSR count). The summed E-state index contributed by atoms with van der Waals surface area (Å²) in [7, 11) is -8.60. The van der Waals surface area contributed by atoms with Crippen molar-refractivity contribution in [1.82, 2.24) is 0 Å². The van der Waals surface area contributed by atoms with E-state index in [1.165, 1.54) is 54.6 Å². The van der Waals surface area contributed by atoms with E-state index in [2.05, 4.69) is 5.32 Å². The van der Waals surface area contributed by atoms with E-state index in [-0.39, 0.29) is 31.8 Å². The van der Waals surface area contributed by atoms with Crippen molar-refractivity contribution in [3.05, 3.63) is 83.4 Å². The highest BCUT2D eigenvalue weighted by Gasteiger charge is 2.47. The molecule has 7 nitrogen and oxygen atoms in total. The number of hydrogen-bond acceptors (Lipinski definition) is 5. The van der Waals surface area contributed by atoms with Crippen LogP contribution in [0.25, 0.3) is 0 Å². The van der Waals surface area contributed by atoms with Gasteiger partial charge >= 0.3 is 0 Å². The van der Waals surface area contributed by atoms with Crippen molar-refractivity contribution in [2.45, 2.75) is 9.79 Å². The monoisotopic (exact) mass is 448 g/mol. The van der Waals surface area contributed by atoms with E-state index in [1.807, 2.05) is 0 Å². The van der Waals surface area contributed by atoms with E-state index in [4.69, 9.17) is 11.6 Å². The molecule has 148 valence electrons. The van der Waals surface area contributed by atoms with Gasteiger partial charge < -0.3 is 5.32 Å². The summed E-state index contributed by atoms with van der Waals surface area (Å²) < 4.78 is 51.7. The Bertz CT molecular complexity index is 1300. The molecule has 0 saturated heterocycles. The number of amides is 1. The number of nitrogens with zero attached hydrogens (tertiary/aromatic N) is 1. The molecule has 0 aliphatic carbocycles. The third-order valence-corrected chi connectivity index (χ3v) is 9.03. The lowest BCUT2D eigenvalue weighted by atomic mass is 10.2. The molecule has 29 heavy (non-hydrogen) atoms. The molecule has 1 aliphatic heterocycles. The summed E-state index contributed by atoms with van der Waals surface area (Å²) in [5, 5.41) is 2.85. The van der Waals surface area contributed by atoms with Gasteiger partial charge in [-0.15, -0.1) is 0 Å². The van der Waals surface area contributed by atoms with Crippen molar-refractivity contribution in [3.63, 3.8) is 0 Å². The number of sulfonamides is 2. The third kappa shape index (κ3) is 3.17. The van der Waals surface area contributed by atoms with E-state index in [0.717, 1.165) is 0 Å². The summed E-state index contributed by atoms with van der Waals surface area (Å²) in [5.41, 5.74) is 0.334. The van der Waals surface area contributed by atoms with Crippen LogP contribution in [0.4, 0.5) is 11.4 Å². The molecule has 0 spiro atoms. The van der Waals surface area contributed by atoms with E-state index in [0.29, 0.717) is 3.71 Å². The Balaban J connectivity index is 1.73. The first-order valence-corrected chi connectivity index (χ1v) is 11.5. The van der Waals surface area contributed by atoms with Gasteiger partial charge in [-0.1, -0.05) is 41.9 Å². The molecule has 1 N–H and O–H groups in total. The first-order chi connectivity index (χ1) is 13.7. The van der Waals surface area contributed by atoms with Crippen LogP contribution in [0, 0.1) is 0 Å². The number of carbonyl (C=O) groups excluding carboxylic acids is 1. The first-order valence-electron chi connectivity index (χ1n) is 8.28. The number of anilines is 2. The average molecular weight is 449 g/mol. The second-order valence-electron chi connectivity index (χ2n) is 6.14. The fourth-order valence-corrected chi connectivity index (χ4v) is 7.66. The summed E-state index contributed by atoms with van der Waals surface area (Å²) in [6.07, 6.45) is 0. The van der Waals surface area contributed by atoms with Crippen molar-refractivity contribution in [3.8, 4) is 0 Å². The molecule has 0 fully saturated rings. The van der Waals surface area contributed by atoms with Gasteiger partial charge in [0.25, 0.3) is 26.0 Å². The molecule has 3 aromatic rings. The molecule has 0 radical (unpaired) electrons. The third-order valence-electron chi connectivity index (χ3n) is 4.27. The molecule has 1 amide bonds. The molecular weight excluding hydrogens is 436 g/mol. The van der Waals surface area contributed by atoms with Crippen LogP contribution in [-0.4, -0.2) is 22.7 Å². The van der Waals surface area contributed by atoms with Crippen LogP contribution in [0.5, 0.6) is 0 Å². The van der Waals surface area contributed by atoms with Crippen molar-refractivity contribution in [2.75, 3.05) is 9.03 Å². The van der Waals surface area contributed by atoms with Gasteiger partial charge in [-0.3, -0.25) is 4.79 Å². The zero-order chi connectivity index (χ0) is 20.8. The van der Waals surface area contributed by atoms with E-state index < -0.39 is 26.0 Å². The summed E-state index contributed by atoms with van der Waals surface area (Å²) >= 11 is 6.02. The van der Waals surface area contributed by atoms with E-state index in [9.17, 15) is 21.6 Å². The average Bonchev–Trinajstić information content (AvgIpc) is 2.84. The van der Waals surface area contributed by atoms with Crippen molar-refractivity contribution < 1.29 is 21.6 Å². The first kappa shape index (κ1) is 19.4.